The van der Waals surface area contributed by atoms with E-state index < -0.39 is 11.7 Å². The zero-order chi connectivity index (χ0) is 11.8. The highest BCUT2D eigenvalue weighted by Gasteiger charge is 2.31. The summed E-state index contributed by atoms with van der Waals surface area (Å²) in [6.07, 6.45) is -4.33. The maximum absolute atomic E-state index is 12.4. The van der Waals surface area contributed by atoms with Crippen LogP contribution in [0.1, 0.15) is 5.56 Å². The van der Waals surface area contributed by atoms with Crippen LogP contribution >= 0.6 is 23.4 Å². The second kappa shape index (κ2) is 4.47. The van der Waals surface area contributed by atoms with Crippen molar-refractivity contribution in [3.8, 4) is 0 Å². The van der Waals surface area contributed by atoms with Gasteiger partial charge in [-0.2, -0.15) is 13.2 Å². The Hall–Kier alpha value is -0.390. The van der Waals surface area contributed by atoms with Crippen LogP contribution in [-0.2, 0) is 6.18 Å². The molecular weight excluding hydrogens is 259 g/mol. The van der Waals surface area contributed by atoms with Gasteiger partial charge in [0.25, 0.3) is 0 Å². The minimum Gasteiger partial charge on any atom is -0.314 e. The largest absolute Gasteiger partial charge is 0.416 e. The average molecular weight is 268 g/mol. The molecule has 1 aliphatic heterocycles. The monoisotopic (exact) mass is 267 g/mol. The van der Waals surface area contributed by atoms with Gasteiger partial charge in [0.05, 0.1) is 10.6 Å². The molecule has 0 atom stereocenters. The van der Waals surface area contributed by atoms with Crippen LogP contribution in [0, 0.1) is 0 Å². The molecule has 0 aliphatic carbocycles. The molecule has 0 amide bonds. The highest BCUT2D eigenvalue weighted by Crippen LogP contribution is 2.37. The molecule has 0 saturated carbocycles. The molecule has 2 rings (SSSR count). The summed E-state index contributed by atoms with van der Waals surface area (Å²) in [5.41, 5.74) is -0.700. The van der Waals surface area contributed by atoms with E-state index in [0.29, 0.717) is 10.1 Å². The van der Waals surface area contributed by atoms with Gasteiger partial charge in [0.2, 0.25) is 0 Å². The summed E-state index contributed by atoms with van der Waals surface area (Å²) in [5.74, 6) is 0. The van der Waals surface area contributed by atoms with Gasteiger partial charge in [0.1, 0.15) is 0 Å². The first-order valence-corrected chi connectivity index (χ1v) is 5.97. The van der Waals surface area contributed by atoms with Gasteiger partial charge in [0, 0.05) is 23.2 Å². The number of nitrogens with one attached hydrogen (secondary N) is 1. The molecule has 0 radical (unpaired) electrons. The van der Waals surface area contributed by atoms with E-state index in [0.717, 1.165) is 25.2 Å². The fraction of sp³-hybridized carbons (Fsp3) is 0.400. The summed E-state index contributed by atoms with van der Waals surface area (Å²) < 4.78 is 37.1. The number of benzene rings is 1. The maximum Gasteiger partial charge on any atom is 0.416 e. The van der Waals surface area contributed by atoms with Crippen LogP contribution in [0.25, 0.3) is 0 Å². The quantitative estimate of drug-likeness (QED) is 0.881. The second-order valence-electron chi connectivity index (χ2n) is 3.54. The Morgan fingerprint density at radius 2 is 2.00 bits per heavy atom. The normalized spacial score (nSPS) is 17.2. The van der Waals surface area contributed by atoms with Crippen LogP contribution in [0.15, 0.2) is 23.1 Å². The minimum absolute atomic E-state index is 0.173. The fourth-order valence-electron chi connectivity index (χ4n) is 1.30. The van der Waals surface area contributed by atoms with Crippen molar-refractivity contribution < 1.29 is 13.2 Å². The Labute approximate surface area is 100 Å². The fourth-order valence-corrected chi connectivity index (χ4v) is 2.69. The summed E-state index contributed by atoms with van der Waals surface area (Å²) in [6.45, 7) is 1.75. The first-order chi connectivity index (χ1) is 7.47. The lowest BCUT2D eigenvalue weighted by Crippen LogP contribution is -2.44. The van der Waals surface area contributed by atoms with Crippen LogP contribution in [0.2, 0.25) is 5.02 Å². The molecule has 1 aliphatic rings. The molecule has 0 spiro atoms. The predicted octanol–water partition coefficient (Wildman–Crippen LogP) is 3.42. The van der Waals surface area contributed by atoms with Gasteiger partial charge in [-0.1, -0.05) is 11.6 Å². The highest BCUT2D eigenvalue weighted by molar-refractivity contribution is 8.00. The van der Waals surface area contributed by atoms with E-state index in [1.165, 1.54) is 17.8 Å². The molecule has 6 heteroatoms. The van der Waals surface area contributed by atoms with Gasteiger partial charge in [-0.15, -0.1) is 11.8 Å². The predicted molar refractivity (Wildman–Crippen MR) is 59.0 cm³/mol. The summed E-state index contributed by atoms with van der Waals surface area (Å²) in [5, 5.41) is 3.68. The van der Waals surface area contributed by atoms with Gasteiger partial charge in [-0.3, -0.25) is 0 Å². The molecule has 0 unspecified atom stereocenters. The molecular formula is C10H9ClF3NS. The number of hydrogen-bond donors (Lipinski definition) is 1. The Morgan fingerprint density at radius 1 is 1.31 bits per heavy atom. The first kappa shape index (κ1) is 12.1. The minimum atomic E-state index is -4.33. The van der Waals surface area contributed by atoms with Gasteiger partial charge >= 0.3 is 6.18 Å². The van der Waals surface area contributed by atoms with E-state index in [-0.39, 0.29) is 5.02 Å². The lowest BCUT2D eigenvalue weighted by atomic mass is 10.2. The summed E-state index contributed by atoms with van der Waals surface area (Å²) >= 11 is 7.33. The third kappa shape index (κ3) is 2.64. The van der Waals surface area contributed by atoms with Crippen molar-refractivity contribution in [2.24, 2.45) is 0 Å². The number of thioether (sulfide) groups is 1. The molecule has 1 fully saturated rings. The molecule has 0 aromatic heterocycles. The Morgan fingerprint density at radius 3 is 2.44 bits per heavy atom. The van der Waals surface area contributed by atoms with Crippen molar-refractivity contribution in [2.75, 3.05) is 13.1 Å². The van der Waals surface area contributed by atoms with E-state index in [2.05, 4.69) is 5.32 Å². The summed E-state index contributed by atoms with van der Waals surface area (Å²) in [4.78, 5) is 0.709. The van der Waals surface area contributed by atoms with Crippen LogP contribution in [0.5, 0.6) is 0 Å². The van der Waals surface area contributed by atoms with Crippen molar-refractivity contribution in [3.63, 3.8) is 0 Å². The Bertz CT molecular complexity index is 390. The zero-order valence-electron chi connectivity index (χ0n) is 8.14. The number of rotatable bonds is 2. The van der Waals surface area contributed by atoms with E-state index in [4.69, 9.17) is 11.6 Å². The third-order valence-electron chi connectivity index (χ3n) is 2.30. The smallest absolute Gasteiger partial charge is 0.314 e. The standard InChI is InChI=1S/C10H9ClF3NS/c11-8-3-6(10(12,13)14)1-2-9(8)16-7-4-15-5-7/h1-3,7,15H,4-5H2. The van der Waals surface area contributed by atoms with Crippen molar-refractivity contribution in [1.82, 2.24) is 5.32 Å². The highest BCUT2D eigenvalue weighted by atomic mass is 35.5. The number of hydrogen-bond acceptors (Lipinski definition) is 2. The second-order valence-corrected chi connectivity index (χ2v) is 5.29. The van der Waals surface area contributed by atoms with Crippen molar-refractivity contribution >= 4 is 23.4 Å². The van der Waals surface area contributed by atoms with E-state index in [1.54, 1.807) is 0 Å². The van der Waals surface area contributed by atoms with Crippen LogP contribution in [-0.4, -0.2) is 18.3 Å². The zero-order valence-corrected chi connectivity index (χ0v) is 9.72. The lowest BCUT2D eigenvalue weighted by molar-refractivity contribution is -0.137. The third-order valence-corrected chi connectivity index (χ3v) is 4.00. The molecule has 16 heavy (non-hydrogen) atoms. The van der Waals surface area contributed by atoms with Gasteiger partial charge in [0.15, 0.2) is 0 Å². The SMILES string of the molecule is FC(F)(F)c1ccc(SC2CNC2)c(Cl)c1. The molecule has 1 aromatic carbocycles. The Kier molecular flexibility index (Phi) is 3.37. The Balaban J connectivity index is 2.15. The van der Waals surface area contributed by atoms with Crippen LogP contribution in [0.4, 0.5) is 13.2 Å². The molecule has 1 nitrogen and oxygen atoms in total. The molecule has 1 heterocycles. The van der Waals surface area contributed by atoms with E-state index in [1.807, 2.05) is 0 Å². The molecule has 88 valence electrons. The van der Waals surface area contributed by atoms with Gasteiger partial charge in [-0.25, -0.2) is 0 Å². The van der Waals surface area contributed by atoms with Gasteiger partial charge < -0.3 is 5.32 Å². The number of alkyl halides is 3. The molecule has 0 bridgehead atoms. The molecule has 1 saturated heterocycles. The van der Waals surface area contributed by atoms with Gasteiger partial charge in [-0.05, 0) is 18.2 Å². The van der Waals surface area contributed by atoms with Crippen LogP contribution in [0.3, 0.4) is 0 Å². The van der Waals surface area contributed by atoms with E-state index >= 15 is 0 Å². The topological polar surface area (TPSA) is 12.0 Å². The maximum atomic E-state index is 12.4. The van der Waals surface area contributed by atoms with Crippen molar-refractivity contribution in [1.29, 1.82) is 0 Å². The van der Waals surface area contributed by atoms with Crippen molar-refractivity contribution in [2.45, 2.75) is 16.3 Å². The van der Waals surface area contributed by atoms with Crippen LogP contribution < -0.4 is 5.32 Å². The van der Waals surface area contributed by atoms with E-state index in [9.17, 15) is 13.2 Å². The average Bonchev–Trinajstić information content (AvgIpc) is 2.11. The molecule has 1 aromatic rings. The summed E-state index contributed by atoms with van der Waals surface area (Å²) in [7, 11) is 0. The lowest BCUT2D eigenvalue weighted by Gasteiger charge is -2.26. The summed E-state index contributed by atoms with van der Waals surface area (Å²) in [6, 6.07) is 3.49. The number of halogens is 4. The first-order valence-electron chi connectivity index (χ1n) is 4.71. The molecule has 1 N–H and O–H groups in total. The van der Waals surface area contributed by atoms with Crippen molar-refractivity contribution in [3.05, 3.63) is 28.8 Å².